The van der Waals surface area contributed by atoms with Crippen molar-refractivity contribution in [2.45, 2.75) is 32.1 Å². The highest BCUT2D eigenvalue weighted by Gasteiger charge is 2.27. The Kier molecular flexibility index (Phi) is 6.53. The zero-order valence-electron chi connectivity index (χ0n) is 15.9. The third kappa shape index (κ3) is 4.37. The van der Waals surface area contributed by atoms with Crippen molar-refractivity contribution in [1.82, 2.24) is 19.3 Å². The van der Waals surface area contributed by atoms with E-state index in [4.69, 9.17) is 22.1 Å². The highest BCUT2D eigenvalue weighted by Crippen LogP contribution is 2.17. The Morgan fingerprint density at radius 2 is 2.00 bits per heavy atom. The van der Waals surface area contributed by atoms with Crippen molar-refractivity contribution in [3.63, 3.8) is 0 Å². The number of piperidine rings is 1. The minimum Gasteiger partial charge on any atom is -0.383 e. The number of hydrogen-bond acceptors (Lipinski definition) is 4. The first-order valence-electron chi connectivity index (χ1n) is 9.30. The van der Waals surface area contributed by atoms with Gasteiger partial charge in [-0.15, -0.1) is 5.10 Å². The fourth-order valence-electron chi connectivity index (χ4n) is 3.61. The molecule has 8 heteroatoms. The number of hydrogen-bond donors (Lipinski definition) is 2. The summed E-state index contributed by atoms with van der Waals surface area (Å²) < 4.78 is 10.1. The van der Waals surface area contributed by atoms with Gasteiger partial charge in [-0.2, -0.15) is 4.68 Å². The number of methoxy groups -OCH3 is 1. The normalized spacial score (nSPS) is 21.7. The molecular formula is C18H30N6OS+2. The Balaban J connectivity index is 1.83. The van der Waals surface area contributed by atoms with Crippen LogP contribution in [-0.2, 0) is 18.0 Å². The number of nitrogens with one attached hydrogen (secondary N) is 2. The first-order valence-corrected chi connectivity index (χ1v) is 9.71. The predicted molar refractivity (Wildman–Crippen MR) is 103 cm³/mol. The molecular weight excluding hydrogens is 348 g/mol. The molecule has 142 valence electrons. The maximum absolute atomic E-state index is 5.74. The van der Waals surface area contributed by atoms with Gasteiger partial charge in [0.05, 0.1) is 46.4 Å². The van der Waals surface area contributed by atoms with Crippen molar-refractivity contribution < 1.29 is 14.5 Å². The lowest BCUT2D eigenvalue weighted by molar-refractivity contribution is -0.954. The molecule has 0 bridgehead atoms. The van der Waals surface area contributed by atoms with Crippen LogP contribution in [0, 0.1) is 4.77 Å². The van der Waals surface area contributed by atoms with Crippen LogP contribution in [0.1, 0.15) is 12.8 Å². The molecule has 3 heterocycles. The molecule has 0 aliphatic carbocycles. The van der Waals surface area contributed by atoms with E-state index < -0.39 is 0 Å². The van der Waals surface area contributed by atoms with Gasteiger partial charge in [-0.3, -0.25) is 9.55 Å². The summed E-state index contributed by atoms with van der Waals surface area (Å²) in [6.07, 6.45) is 6.09. The van der Waals surface area contributed by atoms with Crippen molar-refractivity contribution >= 4 is 12.2 Å². The highest BCUT2D eigenvalue weighted by atomic mass is 32.1. The summed E-state index contributed by atoms with van der Waals surface area (Å²) in [5.41, 5.74) is 1.03. The average Bonchev–Trinajstić information content (AvgIpc) is 2.97. The van der Waals surface area contributed by atoms with Crippen LogP contribution in [0.3, 0.4) is 0 Å². The van der Waals surface area contributed by atoms with Gasteiger partial charge in [0, 0.05) is 37.9 Å². The monoisotopic (exact) mass is 378 g/mol. The summed E-state index contributed by atoms with van der Waals surface area (Å²) in [4.78, 5) is 7.22. The molecule has 26 heavy (non-hydrogen) atoms. The lowest BCUT2D eigenvalue weighted by atomic mass is 10.0. The van der Waals surface area contributed by atoms with Crippen molar-refractivity contribution in [3.8, 4) is 11.4 Å². The maximum atomic E-state index is 5.74. The van der Waals surface area contributed by atoms with Gasteiger partial charge >= 0.3 is 0 Å². The van der Waals surface area contributed by atoms with Crippen molar-refractivity contribution in [3.05, 3.63) is 29.3 Å². The van der Waals surface area contributed by atoms with E-state index >= 15 is 0 Å². The fourth-order valence-corrected chi connectivity index (χ4v) is 3.89. The molecule has 2 N–H and O–H groups in total. The number of likely N-dealkylation sites (tertiary alicyclic amines) is 1. The molecule has 2 aromatic heterocycles. The van der Waals surface area contributed by atoms with Gasteiger partial charge in [0.2, 0.25) is 4.77 Å². The molecule has 2 aromatic rings. The second-order valence-corrected chi connectivity index (χ2v) is 7.59. The van der Waals surface area contributed by atoms with E-state index in [1.807, 2.05) is 16.8 Å². The molecule has 1 aliphatic rings. The molecule has 0 saturated carbocycles. The minimum atomic E-state index is 0.610. The molecule has 0 spiro atoms. The zero-order chi connectivity index (χ0) is 18.5. The number of quaternary nitrogens is 2. The van der Waals surface area contributed by atoms with Crippen LogP contribution in [-0.4, -0.2) is 66.3 Å². The minimum absolute atomic E-state index is 0.610. The van der Waals surface area contributed by atoms with Crippen LogP contribution < -0.4 is 9.80 Å². The first-order chi connectivity index (χ1) is 12.6. The quantitative estimate of drug-likeness (QED) is 0.624. The molecule has 1 saturated heterocycles. The van der Waals surface area contributed by atoms with Crippen LogP contribution in [0.4, 0.5) is 0 Å². The molecule has 1 aliphatic heterocycles. The number of rotatable bonds is 7. The summed E-state index contributed by atoms with van der Waals surface area (Å²) >= 11 is 5.74. The first kappa shape index (κ1) is 19.2. The second kappa shape index (κ2) is 8.85. The van der Waals surface area contributed by atoms with E-state index in [0.29, 0.717) is 19.2 Å². The number of nitrogens with zero attached hydrogens (tertiary/aromatic N) is 4. The Bertz CT molecular complexity index is 751. The maximum Gasteiger partial charge on any atom is 0.203 e. The van der Waals surface area contributed by atoms with Crippen LogP contribution >= 0.6 is 12.2 Å². The van der Waals surface area contributed by atoms with Gasteiger partial charge < -0.3 is 14.5 Å². The van der Waals surface area contributed by atoms with Gasteiger partial charge in [-0.25, -0.2) is 0 Å². The molecule has 0 amide bonds. The molecule has 0 aromatic carbocycles. The molecule has 1 unspecified atom stereocenters. The SMILES string of the molecule is COCCn1c(-c2ccncc2)nn(C[NH+](C)C2CC[NH+](C)CC2)c1=S. The van der Waals surface area contributed by atoms with E-state index in [1.165, 1.54) is 30.8 Å². The van der Waals surface area contributed by atoms with E-state index in [0.717, 1.165) is 22.8 Å². The predicted octanol–water partition coefficient (Wildman–Crippen LogP) is -0.728. The average molecular weight is 379 g/mol. The highest BCUT2D eigenvalue weighted by molar-refractivity contribution is 7.71. The second-order valence-electron chi connectivity index (χ2n) is 7.22. The van der Waals surface area contributed by atoms with E-state index in [-0.39, 0.29) is 0 Å². The fraction of sp³-hybridized carbons (Fsp3) is 0.611. The van der Waals surface area contributed by atoms with Gasteiger partial charge in [0.15, 0.2) is 12.5 Å². The lowest BCUT2D eigenvalue weighted by Gasteiger charge is -2.30. The van der Waals surface area contributed by atoms with Gasteiger partial charge in [-0.05, 0) is 24.4 Å². The largest absolute Gasteiger partial charge is 0.383 e. The molecule has 7 nitrogen and oxygen atoms in total. The number of ether oxygens (including phenoxy) is 1. The van der Waals surface area contributed by atoms with Gasteiger partial charge in [0.1, 0.15) is 0 Å². The van der Waals surface area contributed by atoms with E-state index in [9.17, 15) is 0 Å². The number of aromatic nitrogens is 4. The Hall–Kier alpha value is -1.61. The standard InChI is InChI=1S/C18H28N6OS/c1-21-10-6-16(7-11-21)22(2)14-24-18(26)23(12-13-25-3)17(20-24)15-4-8-19-9-5-15/h4-5,8-9,16H,6-7,10-14H2,1-3H3/p+2. The summed E-state index contributed by atoms with van der Waals surface area (Å²) in [6, 6.07) is 4.62. The molecule has 1 atom stereocenters. The van der Waals surface area contributed by atoms with Crippen molar-refractivity contribution in [2.75, 3.05) is 40.9 Å². The summed E-state index contributed by atoms with van der Waals surface area (Å²) in [7, 11) is 6.24. The molecule has 3 rings (SSSR count). The molecule has 0 radical (unpaired) electrons. The van der Waals surface area contributed by atoms with Gasteiger partial charge in [-0.1, -0.05) is 0 Å². The molecule has 1 fully saturated rings. The Morgan fingerprint density at radius 3 is 2.65 bits per heavy atom. The van der Waals surface area contributed by atoms with E-state index in [2.05, 4.69) is 23.6 Å². The van der Waals surface area contributed by atoms with Crippen LogP contribution in [0.15, 0.2) is 24.5 Å². The van der Waals surface area contributed by atoms with E-state index in [1.54, 1.807) is 24.4 Å². The third-order valence-electron chi connectivity index (χ3n) is 5.32. The van der Waals surface area contributed by atoms with Crippen LogP contribution in [0.2, 0.25) is 0 Å². The van der Waals surface area contributed by atoms with Crippen LogP contribution in [0.25, 0.3) is 11.4 Å². The summed E-state index contributed by atoms with van der Waals surface area (Å²) in [5.74, 6) is 0.884. The summed E-state index contributed by atoms with van der Waals surface area (Å²) in [5, 5.41) is 4.85. The van der Waals surface area contributed by atoms with Crippen molar-refractivity contribution in [2.24, 2.45) is 0 Å². The Morgan fingerprint density at radius 1 is 1.31 bits per heavy atom. The smallest absolute Gasteiger partial charge is 0.203 e. The summed E-state index contributed by atoms with van der Waals surface area (Å²) in [6.45, 7) is 4.60. The third-order valence-corrected chi connectivity index (χ3v) is 5.75. The Labute approximate surface area is 160 Å². The zero-order valence-corrected chi connectivity index (χ0v) is 16.8. The number of pyridine rings is 1. The lowest BCUT2D eigenvalue weighted by Crippen LogP contribution is -3.17. The van der Waals surface area contributed by atoms with Crippen LogP contribution in [0.5, 0.6) is 0 Å². The topological polar surface area (TPSA) is 53.7 Å². The van der Waals surface area contributed by atoms with Crippen molar-refractivity contribution in [1.29, 1.82) is 0 Å². The van der Waals surface area contributed by atoms with Gasteiger partial charge in [0.25, 0.3) is 0 Å².